The van der Waals surface area contributed by atoms with E-state index in [0.717, 1.165) is 31.2 Å². The zero-order valence-electron chi connectivity index (χ0n) is 16.5. The van der Waals surface area contributed by atoms with Crippen molar-refractivity contribution in [3.8, 4) is 5.75 Å². The molecule has 6 heteroatoms. The van der Waals surface area contributed by atoms with Gasteiger partial charge in [-0.25, -0.2) is 0 Å². The number of unbranched alkanes of at least 4 members (excludes halogenated alkanes) is 2. The van der Waals surface area contributed by atoms with Crippen LogP contribution < -0.4 is 4.74 Å². The number of carbonyl (C=O) groups excluding carboxylic acids is 1. The monoisotopic (exact) mass is 398 g/mol. The van der Waals surface area contributed by atoms with E-state index >= 15 is 0 Å². The van der Waals surface area contributed by atoms with Gasteiger partial charge in [0.15, 0.2) is 0 Å². The summed E-state index contributed by atoms with van der Waals surface area (Å²) in [6.45, 7) is 4.30. The SMILES string of the molecule is CCCCCC(O)c1cccc(OCC(O)C[C@@H](CCS)C(=O)OCC)c1. The molecule has 2 unspecified atom stereocenters. The summed E-state index contributed by atoms with van der Waals surface area (Å²) < 4.78 is 10.7. The molecule has 0 bridgehead atoms. The second-order valence-corrected chi connectivity index (χ2v) is 7.19. The highest BCUT2D eigenvalue weighted by Crippen LogP contribution is 2.24. The van der Waals surface area contributed by atoms with E-state index < -0.39 is 12.2 Å². The number of rotatable bonds is 14. The predicted molar refractivity (Wildman–Crippen MR) is 110 cm³/mol. The summed E-state index contributed by atoms with van der Waals surface area (Å²) in [7, 11) is 0. The molecular weight excluding hydrogens is 364 g/mol. The summed E-state index contributed by atoms with van der Waals surface area (Å²) in [6, 6.07) is 7.32. The zero-order chi connectivity index (χ0) is 20.1. The fraction of sp³-hybridized carbons (Fsp3) is 0.667. The molecule has 0 heterocycles. The summed E-state index contributed by atoms with van der Waals surface area (Å²) in [5.41, 5.74) is 0.817. The molecule has 0 amide bonds. The van der Waals surface area contributed by atoms with Crippen LogP contribution in [0.4, 0.5) is 0 Å². The Morgan fingerprint density at radius 2 is 1.96 bits per heavy atom. The minimum absolute atomic E-state index is 0.0812. The van der Waals surface area contributed by atoms with Gasteiger partial charge in [-0.3, -0.25) is 4.79 Å². The lowest BCUT2D eigenvalue weighted by molar-refractivity contribution is -0.149. The van der Waals surface area contributed by atoms with Crippen LogP contribution >= 0.6 is 12.6 Å². The molecule has 2 N–H and O–H groups in total. The Morgan fingerprint density at radius 1 is 1.19 bits per heavy atom. The van der Waals surface area contributed by atoms with Gasteiger partial charge in [-0.05, 0) is 49.6 Å². The summed E-state index contributed by atoms with van der Waals surface area (Å²) >= 11 is 4.17. The third-order valence-corrected chi connectivity index (χ3v) is 4.68. The maximum atomic E-state index is 11.9. The van der Waals surface area contributed by atoms with E-state index in [0.29, 0.717) is 24.5 Å². The van der Waals surface area contributed by atoms with E-state index in [1.54, 1.807) is 19.1 Å². The maximum absolute atomic E-state index is 11.9. The van der Waals surface area contributed by atoms with Crippen LogP contribution in [0.15, 0.2) is 24.3 Å². The van der Waals surface area contributed by atoms with Crippen molar-refractivity contribution in [1.82, 2.24) is 0 Å². The van der Waals surface area contributed by atoms with Gasteiger partial charge in [0.1, 0.15) is 12.4 Å². The number of ether oxygens (including phenoxy) is 2. The quantitative estimate of drug-likeness (QED) is 0.251. The largest absolute Gasteiger partial charge is 0.491 e. The van der Waals surface area contributed by atoms with Gasteiger partial charge < -0.3 is 19.7 Å². The molecule has 0 aliphatic heterocycles. The number of benzene rings is 1. The van der Waals surface area contributed by atoms with Crippen LogP contribution in [0.2, 0.25) is 0 Å². The van der Waals surface area contributed by atoms with E-state index in [4.69, 9.17) is 9.47 Å². The molecule has 0 saturated heterocycles. The number of carbonyl (C=O) groups is 1. The molecule has 0 aliphatic carbocycles. The Bertz CT molecular complexity index is 537. The molecular formula is C21H34O5S. The summed E-state index contributed by atoms with van der Waals surface area (Å²) in [5.74, 6) is 0.466. The van der Waals surface area contributed by atoms with Crippen LogP contribution in [0.3, 0.4) is 0 Å². The second kappa shape index (κ2) is 13.9. The third-order valence-electron chi connectivity index (χ3n) is 4.42. The van der Waals surface area contributed by atoms with E-state index in [2.05, 4.69) is 19.6 Å². The summed E-state index contributed by atoms with van der Waals surface area (Å²) in [6.07, 6.45) is 3.48. The van der Waals surface area contributed by atoms with Gasteiger partial charge in [0.2, 0.25) is 0 Å². The first-order valence-electron chi connectivity index (χ1n) is 9.88. The lowest BCUT2D eigenvalue weighted by Gasteiger charge is -2.19. The van der Waals surface area contributed by atoms with Crippen LogP contribution in [0.1, 0.15) is 64.0 Å². The zero-order valence-corrected chi connectivity index (χ0v) is 17.4. The molecule has 1 rings (SSSR count). The fourth-order valence-electron chi connectivity index (χ4n) is 2.90. The summed E-state index contributed by atoms with van der Waals surface area (Å²) in [4.78, 5) is 11.9. The topological polar surface area (TPSA) is 76.0 Å². The smallest absolute Gasteiger partial charge is 0.309 e. The van der Waals surface area contributed by atoms with Crippen molar-refractivity contribution >= 4 is 18.6 Å². The molecule has 1 aromatic carbocycles. The minimum Gasteiger partial charge on any atom is -0.491 e. The van der Waals surface area contributed by atoms with Gasteiger partial charge in [0.25, 0.3) is 0 Å². The van der Waals surface area contributed by atoms with Gasteiger partial charge >= 0.3 is 5.97 Å². The standard InChI is InChI=1S/C21H34O5S/c1-3-5-6-10-20(23)16-8-7-9-19(14-16)26-15-18(22)13-17(11-12-27)21(24)25-4-2/h7-9,14,17-18,20,22-23,27H,3-6,10-13,15H2,1-2H3/t17-,18?,20?/m1/s1. The Hall–Kier alpha value is -1.24. The average molecular weight is 399 g/mol. The first-order chi connectivity index (χ1) is 13.0. The number of hydrogen-bond acceptors (Lipinski definition) is 6. The van der Waals surface area contributed by atoms with Gasteiger partial charge in [0.05, 0.1) is 24.7 Å². The second-order valence-electron chi connectivity index (χ2n) is 6.75. The van der Waals surface area contributed by atoms with Crippen molar-refractivity contribution in [3.05, 3.63) is 29.8 Å². The number of esters is 1. The highest BCUT2D eigenvalue weighted by atomic mass is 32.1. The Balaban J connectivity index is 2.53. The number of aliphatic hydroxyl groups excluding tert-OH is 2. The van der Waals surface area contributed by atoms with Crippen LogP contribution in [0, 0.1) is 5.92 Å². The molecule has 1 aromatic rings. The van der Waals surface area contributed by atoms with E-state index in [9.17, 15) is 15.0 Å². The van der Waals surface area contributed by atoms with Crippen LogP contribution in [0.5, 0.6) is 5.75 Å². The van der Waals surface area contributed by atoms with E-state index in [1.807, 2.05) is 12.1 Å². The highest BCUT2D eigenvalue weighted by molar-refractivity contribution is 7.80. The van der Waals surface area contributed by atoms with Gasteiger partial charge in [-0.1, -0.05) is 38.3 Å². The Kier molecular flexibility index (Phi) is 12.2. The molecule has 27 heavy (non-hydrogen) atoms. The number of aliphatic hydroxyl groups is 2. The lowest BCUT2D eigenvalue weighted by atomic mass is 9.99. The minimum atomic E-state index is -0.780. The number of thiol groups is 1. The Morgan fingerprint density at radius 3 is 2.63 bits per heavy atom. The fourth-order valence-corrected chi connectivity index (χ4v) is 3.21. The molecule has 3 atom stereocenters. The molecule has 0 fully saturated rings. The van der Waals surface area contributed by atoms with Crippen molar-refractivity contribution in [2.75, 3.05) is 19.0 Å². The van der Waals surface area contributed by atoms with Gasteiger partial charge in [-0.15, -0.1) is 0 Å². The molecule has 154 valence electrons. The predicted octanol–water partition coefficient (Wildman–Crippen LogP) is 3.93. The van der Waals surface area contributed by atoms with Gasteiger partial charge in [0, 0.05) is 0 Å². The van der Waals surface area contributed by atoms with Crippen LogP contribution in [-0.4, -0.2) is 41.3 Å². The third kappa shape index (κ3) is 9.49. The lowest BCUT2D eigenvalue weighted by Crippen LogP contribution is -2.27. The highest BCUT2D eigenvalue weighted by Gasteiger charge is 2.23. The molecule has 0 aliphatic rings. The van der Waals surface area contributed by atoms with Crippen molar-refractivity contribution in [2.45, 2.75) is 64.6 Å². The van der Waals surface area contributed by atoms with E-state index in [1.165, 1.54) is 0 Å². The Labute approximate surface area is 168 Å². The normalized spacial score (nSPS) is 14.4. The van der Waals surface area contributed by atoms with Crippen LogP contribution in [-0.2, 0) is 9.53 Å². The molecule has 5 nitrogen and oxygen atoms in total. The summed E-state index contributed by atoms with van der Waals surface area (Å²) in [5, 5.41) is 20.5. The molecule has 0 radical (unpaired) electrons. The molecule has 0 aromatic heterocycles. The van der Waals surface area contributed by atoms with Crippen molar-refractivity contribution < 1.29 is 24.5 Å². The maximum Gasteiger partial charge on any atom is 0.309 e. The molecule has 0 spiro atoms. The first-order valence-corrected chi connectivity index (χ1v) is 10.5. The van der Waals surface area contributed by atoms with Crippen molar-refractivity contribution in [1.29, 1.82) is 0 Å². The van der Waals surface area contributed by atoms with Crippen molar-refractivity contribution in [2.24, 2.45) is 5.92 Å². The first kappa shape index (κ1) is 23.8. The van der Waals surface area contributed by atoms with Crippen LogP contribution in [0.25, 0.3) is 0 Å². The average Bonchev–Trinajstić information content (AvgIpc) is 2.66. The van der Waals surface area contributed by atoms with E-state index in [-0.39, 0.29) is 24.9 Å². The molecule has 0 saturated carbocycles. The number of hydrogen-bond donors (Lipinski definition) is 3. The van der Waals surface area contributed by atoms with Crippen molar-refractivity contribution in [3.63, 3.8) is 0 Å². The van der Waals surface area contributed by atoms with Gasteiger partial charge in [-0.2, -0.15) is 12.6 Å².